The Morgan fingerprint density at radius 2 is 1.83 bits per heavy atom. The van der Waals surface area contributed by atoms with Crippen molar-refractivity contribution in [2.24, 2.45) is 0 Å². The van der Waals surface area contributed by atoms with E-state index in [0.717, 1.165) is 0 Å². The van der Waals surface area contributed by atoms with Crippen LogP contribution in [0.1, 0.15) is 25.9 Å². The van der Waals surface area contributed by atoms with Crippen LogP contribution >= 0.6 is 35.1 Å². The third-order valence-electron chi connectivity index (χ3n) is 4.57. The second-order valence-corrected chi connectivity index (χ2v) is 12.6. The summed E-state index contributed by atoms with van der Waals surface area (Å²) < 4.78 is 58.6. The van der Waals surface area contributed by atoms with E-state index in [2.05, 4.69) is 28.1 Å². The molecule has 6 atom stereocenters. The third kappa shape index (κ3) is 6.65. The lowest BCUT2D eigenvalue weighted by molar-refractivity contribution is -0.0432. The first-order valence-electron chi connectivity index (χ1n) is 9.60. The van der Waals surface area contributed by atoms with Gasteiger partial charge in [-0.05, 0) is 20.8 Å². The molecule has 3 heterocycles. The van der Waals surface area contributed by atoms with Crippen LogP contribution in [0.2, 0.25) is 0 Å². The largest absolute Gasteiger partial charge is 0.490 e. The molecular formula is C14H22ClN4O13P3. The summed E-state index contributed by atoms with van der Waals surface area (Å²) in [5.74, 6) is 0.564. The minimum Gasteiger partial charge on any atom is -0.476 e. The third-order valence-corrected chi connectivity index (χ3v) is 8.78. The number of imidazole rings is 1. The monoisotopic (exact) mass is 582 g/mol. The van der Waals surface area contributed by atoms with Crippen LogP contribution in [0.5, 0.6) is 5.88 Å². The van der Waals surface area contributed by atoms with Gasteiger partial charge in [0.1, 0.15) is 22.9 Å². The fraction of sp³-hybridized carbons (Fsp3) is 0.643. The highest BCUT2D eigenvalue weighted by Crippen LogP contribution is 2.66. The highest BCUT2D eigenvalue weighted by molar-refractivity contribution is 7.66. The molecule has 0 aliphatic carbocycles. The first-order valence-corrected chi connectivity index (χ1v) is 14.5. The molecule has 5 N–H and O–H groups in total. The summed E-state index contributed by atoms with van der Waals surface area (Å²) >= 11 is 6.53. The minimum atomic E-state index is -5.70. The first-order chi connectivity index (χ1) is 16.0. The van der Waals surface area contributed by atoms with Crippen LogP contribution in [0.4, 0.5) is 0 Å². The molecule has 2 unspecified atom stereocenters. The minimum absolute atomic E-state index is 0.216. The molecule has 0 aromatic carbocycles. The van der Waals surface area contributed by atoms with E-state index in [4.69, 9.17) is 30.9 Å². The Morgan fingerprint density at radius 3 is 2.43 bits per heavy atom. The SMILES string of the molecule is CCOc1nc(C)nc2c1ncn2[C@@H]1O[C@H](COP(=O)(O)OP(=O)(O)OP(=O)(O)O)[C@@H](O)[C@@]1(C)Cl. The zero-order valence-electron chi connectivity index (χ0n) is 18.2. The van der Waals surface area contributed by atoms with Crippen LogP contribution < -0.4 is 4.74 Å². The molecule has 198 valence electrons. The number of aromatic nitrogens is 4. The van der Waals surface area contributed by atoms with Gasteiger partial charge in [0.15, 0.2) is 17.4 Å². The summed E-state index contributed by atoms with van der Waals surface area (Å²) in [6.45, 7) is 4.21. The van der Waals surface area contributed by atoms with Crippen LogP contribution in [-0.4, -0.2) is 74.5 Å². The molecular weight excluding hydrogens is 561 g/mol. The predicted octanol–water partition coefficient (Wildman–Crippen LogP) is 1.13. The molecule has 1 fully saturated rings. The second kappa shape index (κ2) is 10.0. The second-order valence-electron chi connectivity index (χ2n) is 7.34. The number of rotatable bonds is 10. The Hall–Kier alpha value is -1.03. The summed E-state index contributed by atoms with van der Waals surface area (Å²) in [7, 11) is -16.7. The number of aliphatic hydroxyl groups is 1. The summed E-state index contributed by atoms with van der Waals surface area (Å²) in [4.78, 5) is 47.2. The van der Waals surface area contributed by atoms with Gasteiger partial charge in [-0.1, -0.05) is 0 Å². The van der Waals surface area contributed by atoms with Crippen LogP contribution in [0, 0.1) is 6.92 Å². The topological polar surface area (TPSA) is 242 Å². The van der Waals surface area contributed by atoms with Crippen LogP contribution in [-0.2, 0) is 31.6 Å². The van der Waals surface area contributed by atoms with Crippen LogP contribution in [0.3, 0.4) is 0 Å². The molecule has 1 saturated heterocycles. The molecule has 0 saturated carbocycles. The molecule has 0 amide bonds. The van der Waals surface area contributed by atoms with Gasteiger partial charge in [-0.2, -0.15) is 13.6 Å². The normalized spacial score (nSPS) is 28.7. The lowest BCUT2D eigenvalue weighted by Crippen LogP contribution is -2.39. The maximum absolute atomic E-state index is 12.0. The molecule has 2 aromatic rings. The van der Waals surface area contributed by atoms with Crippen molar-refractivity contribution in [2.75, 3.05) is 13.2 Å². The van der Waals surface area contributed by atoms with Gasteiger partial charge in [0.25, 0.3) is 0 Å². The van der Waals surface area contributed by atoms with E-state index in [1.807, 2.05) is 0 Å². The van der Waals surface area contributed by atoms with E-state index in [0.29, 0.717) is 17.9 Å². The van der Waals surface area contributed by atoms with E-state index in [-0.39, 0.29) is 11.5 Å². The number of aryl methyl sites for hydroxylation is 1. The smallest absolute Gasteiger partial charge is 0.476 e. The molecule has 2 aromatic heterocycles. The quantitative estimate of drug-likeness (QED) is 0.195. The summed E-state index contributed by atoms with van der Waals surface area (Å²) in [6.07, 6.45) is -2.71. The Morgan fingerprint density at radius 1 is 1.17 bits per heavy atom. The van der Waals surface area contributed by atoms with Crippen molar-refractivity contribution in [3.63, 3.8) is 0 Å². The lowest BCUT2D eigenvalue weighted by atomic mass is 10.0. The molecule has 0 radical (unpaired) electrons. The van der Waals surface area contributed by atoms with E-state index in [9.17, 15) is 28.6 Å². The Labute approximate surface area is 202 Å². The average molecular weight is 583 g/mol. The van der Waals surface area contributed by atoms with Gasteiger partial charge in [-0.3, -0.25) is 9.09 Å². The number of phosphoric ester groups is 1. The fourth-order valence-corrected chi connectivity index (χ4v) is 6.55. The van der Waals surface area contributed by atoms with Gasteiger partial charge in [0, 0.05) is 0 Å². The van der Waals surface area contributed by atoms with E-state index in [1.54, 1.807) is 13.8 Å². The maximum atomic E-state index is 12.0. The standard InChI is InChI=1S/C14H22ClN4O13P3/c1-4-28-12-9-11(17-7(2)18-12)19(6-16-9)13-14(3,15)10(20)8(30-13)5-29-34(24,25)32-35(26,27)31-33(21,22)23/h6,8,10,13,20H,4-5H2,1-3H3,(H,24,25)(H,26,27)(H2,21,22,23)/t8-,10-,13-,14-/m1/s1. The van der Waals surface area contributed by atoms with Crippen molar-refractivity contribution >= 4 is 46.2 Å². The van der Waals surface area contributed by atoms with Gasteiger partial charge < -0.3 is 34.2 Å². The Balaban J connectivity index is 1.80. The zero-order valence-corrected chi connectivity index (χ0v) is 21.7. The Bertz CT molecular complexity index is 1240. The number of aliphatic hydroxyl groups excluding tert-OH is 1. The molecule has 0 spiro atoms. The highest BCUT2D eigenvalue weighted by Gasteiger charge is 2.54. The number of hydrogen-bond donors (Lipinski definition) is 5. The predicted molar refractivity (Wildman–Crippen MR) is 115 cm³/mol. The van der Waals surface area contributed by atoms with E-state index >= 15 is 0 Å². The lowest BCUT2D eigenvalue weighted by Gasteiger charge is -2.26. The number of halogens is 1. The number of hydrogen-bond acceptors (Lipinski definition) is 12. The maximum Gasteiger partial charge on any atom is 0.490 e. The molecule has 17 nitrogen and oxygen atoms in total. The van der Waals surface area contributed by atoms with Gasteiger partial charge in [0.2, 0.25) is 5.88 Å². The molecule has 35 heavy (non-hydrogen) atoms. The van der Waals surface area contributed by atoms with Crippen molar-refractivity contribution in [2.45, 2.75) is 44.1 Å². The van der Waals surface area contributed by atoms with Gasteiger partial charge >= 0.3 is 23.5 Å². The van der Waals surface area contributed by atoms with Crippen molar-refractivity contribution < 1.29 is 61.0 Å². The molecule has 1 aliphatic heterocycles. The molecule has 0 bridgehead atoms. The number of alkyl halides is 1. The molecule has 1 aliphatic rings. The fourth-order valence-electron chi connectivity index (χ4n) is 3.22. The number of ether oxygens (including phenoxy) is 2. The highest BCUT2D eigenvalue weighted by atomic mass is 35.5. The first kappa shape index (κ1) is 28.5. The van der Waals surface area contributed by atoms with Crippen molar-refractivity contribution in [1.82, 2.24) is 19.5 Å². The number of phosphoric acid groups is 3. The summed E-state index contributed by atoms with van der Waals surface area (Å²) in [6, 6.07) is 0. The van der Waals surface area contributed by atoms with Gasteiger partial charge in [-0.25, -0.2) is 23.7 Å². The number of fused-ring (bicyclic) bond motifs is 1. The zero-order chi connectivity index (χ0) is 26.4. The summed E-state index contributed by atoms with van der Waals surface area (Å²) in [5.41, 5.74) is 0.554. The Kier molecular flexibility index (Phi) is 8.18. The van der Waals surface area contributed by atoms with Gasteiger partial charge in [0.05, 0.1) is 19.5 Å². The molecule has 3 rings (SSSR count). The van der Waals surface area contributed by atoms with Crippen LogP contribution in [0.15, 0.2) is 6.33 Å². The summed E-state index contributed by atoms with van der Waals surface area (Å²) in [5, 5.41) is 10.7. The van der Waals surface area contributed by atoms with Crippen molar-refractivity contribution in [3.05, 3.63) is 12.2 Å². The van der Waals surface area contributed by atoms with Crippen molar-refractivity contribution in [3.8, 4) is 5.88 Å². The van der Waals surface area contributed by atoms with E-state index < -0.39 is 53.4 Å². The van der Waals surface area contributed by atoms with Gasteiger partial charge in [-0.15, -0.1) is 11.6 Å². The van der Waals surface area contributed by atoms with Crippen molar-refractivity contribution in [1.29, 1.82) is 0 Å². The average Bonchev–Trinajstić information content (AvgIpc) is 3.17. The number of nitrogens with zero attached hydrogens (tertiary/aromatic N) is 4. The van der Waals surface area contributed by atoms with E-state index in [1.165, 1.54) is 17.8 Å². The van der Waals surface area contributed by atoms with Crippen LogP contribution in [0.25, 0.3) is 11.2 Å². The molecule has 21 heteroatoms.